The van der Waals surface area contributed by atoms with Crippen molar-refractivity contribution in [1.82, 2.24) is 0 Å². The molecule has 1 aliphatic carbocycles. The van der Waals surface area contributed by atoms with Gasteiger partial charge in [-0.25, -0.2) is 0 Å². The van der Waals surface area contributed by atoms with E-state index in [0.29, 0.717) is 0 Å². The third-order valence-electron chi connectivity index (χ3n) is 3.66. The normalized spacial score (nSPS) is 34.6. The lowest BCUT2D eigenvalue weighted by Crippen LogP contribution is -2.29. The van der Waals surface area contributed by atoms with Gasteiger partial charge in [0.2, 0.25) is 0 Å². The number of hydrogen-bond acceptors (Lipinski definition) is 4. The van der Waals surface area contributed by atoms with Crippen molar-refractivity contribution in [3.05, 3.63) is 0 Å². The Morgan fingerprint density at radius 3 is 2.62 bits per heavy atom. The average Bonchev–Trinajstić information content (AvgIpc) is 2.54. The van der Waals surface area contributed by atoms with Gasteiger partial charge in [-0.05, 0) is 19.3 Å². The fourth-order valence-electron chi connectivity index (χ4n) is 2.80. The minimum atomic E-state index is -0.673. The Bertz CT molecular complexity index is 287. The van der Waals surface area contributed by atoms with E-state index < -0.39 is 11.9 Å². The molecule has 0 radical (unpaired) electrons. The lowest BCUT2D eigenvalue weighted by molar-refractivity contribution is -0.155. The highest BCUT2D eigenvalue weighted by atomic mass is 16.6. The number of fused-ring (bicyclic) bond motifs is 1. The van der Waals surface area contributed by atoms with Crippen molar-refractivity contribution in [3.63, 3.8) is 0 Å². The molecule has 0 aromatic rings. The van der Waals surface area contributed by atoms with Crippen LogP contribution in [-0.2, 0) is 19.1 Å². The first-order valence-corrected chi connectivity index (χ1v) is 6.02. The molecular formula is C12H18O4. The van der Waals surface area contributed by atoms with Crippen LogP contribution in [0.25, 0.3) is 0 Å². The second-order valence-corrected chi connectivity index (χ2v) is 4.63. The summed E-state index contributed by atoms with van der Waals surface area (Å²) >= 11 is 0. The zero-order valence-electron chi connectivity index (χ0n) is 9.61. The van der Waals surface area contributed by atoms with E-state index in [9.17, 15) is 9.59 Å². The Morgan fingerprint density at radius 2 is 1.94 bits per heavy atom. The molecule has 0 bridgehead atoms. The maximum absolute atomic E-state index is 11.6. The van der Waals surface area contributed by atoms with E-state index in [1.54, 1.807) is 0 Å². The minimum absolute atomic E-state index is 0.0419. The van der Waals surface area contributed by atoms with E-state index in [-0.39, 0.29) is 18.0 Å². The van der Waals surface area contributed by atoms with Crippen LogP contribution in [0.5, 0.6) is 0 Å². The Kier molecular flexibility index (Phi) is 3.46. The van der Waals surface area contributed by atoms with E-state index >= 15 is 0 Å². The summed E-state index contributed by atoms with van der Waals surface area (Å²) in [6, 6.07) is 0. The summed E-state index contributed by atoms with van der Waals surface area (Å²) in [6.45, 7) is 0. The van der Waals surface area contributed by atoms with Crippen molar-refractivity contribution in [3.8, 4) is 0 Å². The molecule has 1 saturated carbocycles. The number of hydrogen-bond donors (Lipinski definition) is 0. The number of esters is 2. The Balaban J connectivity index is 2.12. The lowest BCUT2D eigenvalue weighted by Gasteiger charge is -2.22. The molecule has 0 N–H and O–H groups in total. The molecule has 1 heterocycles. The van der Waals surface area contributed by atoms with E-state index in [1.165, 1.54) is 20.0 Å². The molecular weight excluding hydrogens is 208 g/mol. The molecule has 3 atom stereocenters. The van der Waals surface area contributed by atoms with Gasteiger partial charge in [-0.3, -0.25) is 9.59 Å². The van der Waals surface area contributed by atoms with Gasteiger partial charge < -0.3 is 9.47 Å². The van der Waals surface area contributed by atoms with Gasteiger partial charge in [0.1, 0.15) is 6.10 Å². The monoisotopic (exact) mass is 226 g/mol. The number of rotatable bonds is 1. The molecule has 2 fully saturated rings. The SMILES string of the molecule is COC(=O)[C@@H]1C(=O)O[C@@H]2CCCCCC[C@@H]12. The third kappa shape index (κ3) is 2.06. The zero-order chi connectivity index (χ0) is 11.5. The van der Waals surface area contributed by atoms with Gasteiger partial charge in [0.15, 0.2) is 5.92 Å². The van der Waals surface area contributed by atoms with Crippen molar-refractivity contribution in [1.29, 1.82) is 0 Å². The van der Waals surface area contributed by atoms with Gasteiger partial charge in [-0.2, -0.15) is 0 Å². The Morgan fingerprint density at radius 1 is 1.25 bits per heavy atom. The largest absolute Gasteiger partial charge is 0.468 e. The van der Waals surface area contributed by atoms with E-state index in [4.69, 9.17) is 4.74 Å². The smallest absolute Gasteiger partial charge is 0.321 e. The van der Waals surface area contributed by atoms with Crippen molar-refractivity contribution < 1.29 is 19.1 Å². The van der Waals surface area contributed by atoms with Gasteiger partial charge in [0, 0.05) is 5.92 Å². The standard InChI is InChI=1S/C12H18O4/c1-15-11(13)10-8-6-4-2-3-5-7-9(8)16-12(10)14/h8-10H,2-7H2,1H3/t8-,9-,10-/m1/s1. The Hall–Kier alpha value is -1.06. The Labute approximate surface area is 95.3 Å². The van der Waals surface area contributed by atoms with E-state index in [1.807, 2.05) is 0 Å². The van der Waals surface area contributed by atoms with E-state index in [2.05, 4.69) is 4.74 Å². The summed E-state index contributed by atoms with van der Waals surface area (Å²) in [5.41, 5.74) is 0. The summed E-state index contributed by atoms with van der Waals surface area (Å²) < 4.78 is 9.98. The topological polar surface area (TPSA) is 52.6 Å². The van der Waals surface area contributed by atoms with Gasteiger partial charge >= 0.3 is 11.9 Å². The first-order chi connectivity index (χ1) is 7.74. The molecule has 2 aliphatic rings. The first-order valence-electron chi connectivity index (χ1n) is 6.02. The second kappa shape index (κ2) is 4.85. The molecule has 16 heavy (non-hydrogen) atoms. The predicted molar refractivity (Wildman–Crippen MR) is 56.6 cm³/mol. The van der Waals surface area contributed by atoms with Crippen LogP contribution in [0, 0.1) is 11.8 Å². The molecule has 4 nitrogen and oxygen atoms in total. The molecule has 0 amide bonds. The van der Waals surface area contributed by atoms with Crippen molar-refractivity contribution in [2.45, 2.75) is 44.6 Å². The summed E-state index contributed by atoms with van der Waals surface area (Å²) in [7, 11) is 1.33. The summed E-state index contributed by atoms with van der Waals surface area (Å²) in [5.74, 6) is -1.45. The maximum Gasteiger partial charge on any atom is 0.321 e. The van der Waals surface area contributed by atoms with Crippen LogP contribution < -0.4 is 0 Å². The van der Waals surface area contributed by atoms with Crippen molar-refractivity contribution >= 4 is 11.9 Å². The van der Waals surface area contributed by atoms with Crippen LogP contribution >= 0.6 is 0 Å². The first kappa shape index (κ1) is 11.4. The van der Waals surface area contributed by atoms with Crippen LogP contribution in [0.4, 0.5) is 0 Å². The molecule has 90 valence electrons. The molecule has 1 aliphatic heterocycles. The highest BCUT2D eigenvalue weighted by Gasteiger charge is 2.48. The molecule has 0 spiro atoms. The number of methoxy groups -OCH3 is 1. The lowest BCUT2D eigenvalue weighted by atomic mass is 9.82. The summed E-state index contributed by atoms with van der Waals surface area (Å²) in [4.78, 5) is 23.2. The number of carbonyl (C=O) groups is 2. The van der Waals surface area contributed by atoms with Crippen LogP contribution in [0.3, 0.4) is 0 Å². The molecule has 1 saturated heterocycles. The summed E-state index contributed by atoms with van der Waals surface area (Å²) in [5, 5.41) is 0. The van der Waals surface area contributed by atoms with E-state index in [0.717, 1.165) is 25.7 Å². The summed E-state index contributed by atoms with van der Waals surface area (Å²) in [6.07, 6.45) is 6.28. The van der Waals surface area contributed by atoms with Crippen molar-refractivity contribution in [2.24, 2.45) is 11.8 Å². The number of ether oxygens (including phenoxy) is 2. The maximum atomic E-state index is 11.6. The molecule has 0 unspecified atom stereocenters. The number of carbonyl (C=O) groups excluding carboxylic acids is 2. The fraction of sp³-hybridized carbons (Fsp3) is 0.833. The minimum Gasteiger partial charge on any atom is -0.468 e. The van der Waals surface area contributed by atoms with Gasteiger partial charge in [-0.15, -0.1) is 0 Å². The molecule has 4 heteroatoms. The highest BCUT2D eigenvalue weighted by Crippen LogP contribution is 2.37. The third-order valence-corrected chi connectivity index (χ3v) is 3.66. The molecule has 0 aromatic carbocycles. The van der Waals surface area contributed by atoms with Crippen LogP contribution in [-0.4, -0.2) is 25.2 Å². The highest BCUT2D eigenvalue weighted by molar-refractivity contribution is 5.96. The zero-order valence-corrected chi connectivity index (χ0v) is 9.61. The van der Waals surface area contributed by atoms with Gasteiger partial charge in [0.05, 0.1) is 7.11 Å². The predicted octanol–water partition coefficient (Wildman–Crippen LogP) is 1.67. The van der Waals surface area contributed by atoms with Crippen LogP contribution in [0.1, 0.15) is 38.5 Å². The molecule has 2 rings (SSSR count). The molecule has 0 aromatic heterocycles. The van der Waals surface area contributed by atoms with Crippen LogP contribution in [0.2, 0.25) is 0 Å². The van der Waals surface area contributed by atoms with Gasteiger partial charge in [0.25, 0.3) is 0 Å². The second-order valence-electron chi connectivity index (χ2n) is 4.63. The quantitative estimate of drug-likeness (QED) is 0.504. The van der Waals surface area contributed by atoms with Crippen molar-refractivity contribution in [2.75, 3.05) is 7.11 Å². The van der Waals surface area contributed by atoms with Gasteiger partial charge in [-0.1, -0.05) is 19.3 Å². The average molecular weight is 226 g/mol. The fourth-order valence-corrected chi connectivity index (χ4v) is 2.80. The van der Waals surface area contributed by atoms with Crippen LogP contribution in [0.15, 0.2) is 0 Å².